The van der Waals surface area contributed by atoms with Crippen LogP contribution in [0.2, 0.25) is 0 Å². The SMILES string of the molecule is CCc1nn(CC)c2cc(N3CCNC(Cc4ccccc4)C3)ccc12. The van der Waals surface area contributed by atoms with E-state index >= 15 is 0 Å². The molecule has 1 unspecified atom stereocenters. The van der Waals surface area contributed by atoms with Crippen molar-refractivity contribution >= 4 is 16.6 Å². The van der Waals surface area contributed by atoms with Gasteiger partial charge in [0.05, 0.1) is 11.2 Å². The number of anilines is 1. The Kier molecular flexibility index (Phi) is 4.93. The van der Waals surface area contributed by atoms with Gasteiger partial charge in [-0.05, 0) is 43.5 Å². The molecule has 0 aliphatic carbocycles. The van der Waals surface area contributed by atoms with Crippen LogP contribution in [-0.2, 0) is 19.4 Å². The van der Waals surface area contributed by atoms with Gasteiger partial charge in [-0.1, -0.05) is 37.3 Å². The Morgan fingerprint density at radius 3 is 2.73 bits per heavy atom. The molecule has 0 bridgehead atoms. The second-order valence-corrected chi connectivity index (χ2v) is 7.10. The van der Waals surface area contributed by atoms with Gasteiger partial charge in [0.25, 0.3) is 0 Å². The third kappa shape index (κ3) is 3.34. The zero-order valence-electron chi connectivity index (χ0n) is 15.8. The van der Waals surface area contributed by atoms with Crippen molar-refractivity contribution in [3.05, 3.63) is 59.8 Å². The number of rotatable bonds is 5. The summed E-state index contributed by atoms with van der Waals surface area (Å²) in [5, 5.41) is 9.75. The lowest BCUT2D eigenvalue weighted by Crippen LogP contribution is -2.51. The van der Waals surface area contributed by atoms with E-state index in [2.05, 4.69) is 77.3 Å². The molecule has 136 valence electrons. The Morgan fingerprint density at radius 1 is 1.12 bits per heavy atom. The normalized spacial score (nSPS) is 17.8. The van der Waals surface area contributed by atoms with Crippen LogP contribution in [0.3, 0.4) is 0 Å². The van der Waals surface area contributed by atoms with Gasteiger partial charge in [0, 0.05) is 43.3 Å². The van der Waals surface area contributed by atoms with E-state index in [1.165, 1.54) is 27.8 Å². The summed E-state index contributed by atoms with van der Waals surface area (Å²) in [5.41, 5.74) is 5.18. The summed E-state index contributed by atoms with van der Waals surface area (Å²) in [6.45, 7) is 8.39. The van der Waals surface area contributed by atoms with Gasteiger partial charge in [-0.15, -0.1) is 0 Å². The average molecular weight is 348 g/mol. The highest BCUT2D eigenvalue weighted by atomic mass is 15.3. The van der Waals surface area contributed by atoms with Gasteiger partial charge in [0.15, 0.2) is 0 Å². The van der Waals surface area contributed by atoms with Crippen LogP contribution in [-0.4, -0.2) is 35.5 Å². The fraction of sp³-hybridized carbons (Fsp3) is 0.409. The number of nitrogens with zero attached hydrogens (tertiary/aromatic N) is 3. The number of aromatic nitrogens is 2. The smallest absolute Gasteiger partial charge is 0.0705 e. The summed E-state index contributed by atoms with van der Waals surface area (Å²) in [4.78, 5) is 2.52. The topological polar surface area (TPSA) is 33.1 Å². The van der Waals surface area contributed by atoms with E-state index in [0.717, 1.165) is 39.0 Å². The average Bonchev–Trinajstić information content (AvgIpc) is 3.06. The van der Waals surface area contributed by atoms with E-state index in [4.69, 9.17) is 5.10 Å². The molecular weight excluding hydrogens is 320 g/mol. The molecule has 0 radical (unpaired) electrons. The van der Waals surface area contributed by atoms with Crippen LogP contribution in [0.4, 0.5) is 5.69 Å². The Hall–Kier alpha value is -2.33. The number of hydrogen-bond donors (Lipinski definition) is 1. The second kappa shape index (κ2) is 7.50. The van der Waals surface area contributed by atoms with Crippen LogP contribution in [0.1, 0.15) is 25.1 Å². The van der Waals surface area contributed by atoms with Crippen molar-refractivity contribution < 1.29 is 0 Å². The number of benzene rings is 2. The Labute approximate surface area is 155 Å². The minimum Gasteiger partial charge on any atom is -0.369 e. The fourth-order valence-electron chi connectivity index (χ4n) is 4.03. The predicted molar refractivity (Wildman–Crippen MR) is 109 cm³/mol. The molecule has 4 heteroatoms. The maximum Gasteiger partial charge on any atom is 0.0705 e. The maximum atomic E-state index is 4.77. The van der Waals surface area contributed by atoms with Crippen LogP contribution in [0, 0.1) is 0 Å². The summed E-state index contributed by atoms with van der Waals surface area (Å²) >= 11 is 0. The molecule has 1 aliphatic rings. The molecule has 1 fully saturated rings. The summed E-state index contributed by atoms with van der Waals surface area (Å²) < 4.78 is 2.14. The van der Waals surface area contributed by atoms with Gasteiger partial charge in [-0.3, -0.25) is 4.68 Å². The van der Waals surface area contributed by atoms with Crippen LogP contribution in [0.15, 0.2) is 48.5 Å². The van der Waals surface area contributed by atoms with Crippen molar-refractivity contribution in [2.24, 2.45) is 0 Å². The molecule has 3 aromatic rings. The molecule has 4 rings (SSSR count). The van der Waals surface area contributed by atoms with Gasteiger partial charge in [-0.25, -0.2) is 0 Å². The molecule has 1 aromatic heterocycles. The minimum atomic E-state index is 0.490. The highest BCUT2D eigenvalue weighted by Gasteiger charge is 2.21. The third-order valence-electron chi connectivity index (χ3n) is 5.39. The molecule has 2 aromatic carbocycles. The van der Waals surface area contributed by atoms with Gasteiger partial charge < -0.3 is 10.2 Å². The second-order valence-electron chi connectivity index (χ2n) is 7.10. The van der Waals surface area contributed by atoms with Crippen molar-refractivity contribution in [2.75, 3.05) is 24.5 Å². The van der Waals surface area contributed by atoms with Gasteiger partial charge in [0.1, 0.15) is 0 Å². The Bertz CT molecular complexity index is 868. The molecule has 1 saturated heterocycles. The summed E-state index contributed by atoms with van der Waals surface area (Å²) in [5.74, 6) is 0. The van der Waals surface area contributed by atoms with Gasteiger partial charge in [-0.2, -0.15) is 5.10 Å². The molecule has 1 N–H and O–H groups in total. The lowest BCUT2D eigenvalue weighted by molar-refractivity contribution is 0.455. The van der Waals surface area contributed by atoms with Crippen LogP contribution in [0.5, 0.6) is 0 Å². The predicted octanol–water partition coefficient (Wildman–Crippen LogP) is 3.64. The van der Waals surface area contributed by atoms with E-state index in [-0.39, 0.29) is 0 Å². The summed E-state index contributed by atoms with van der Waals surface area (Å²) in [6.07, 6.45) is 2.06. The number of piperazine rings is 1. The molecule has 1 aliphatic heterocycles. The van der Waals surface area contributed by atoms with Crippen molar-refractivity contribution in [1.29, 1.82) is 0 Å². The minimum absolute atomic E-state index is 0.490. The van der Waals surface area contributed by atoms with Crippen molar-refractivity contribution in [3.63, 3.8) is 0 Å². The number of hydrogen-bond acceptors (Lipinski definition) is 3. The molecule has 1 atom stereocenters. The first-order chi connectivity index (χ1) is 12.8. The monoisotopic (exact) mass is 348 g/mol. The van der Waals surface area contributed by atoms with E-state index in [1.54, 1.807) is 0 Å². The summed E-state index contributed by atoms with van der Waals surface area (Å²) in [6, 6.07) is 18.1. The fourth-order valence-corrected chi connectivity index (χ4v) is 4.03. The van der Waals surface area contributed by atoms with Crippen molar-refractivity contribution in [1.82, 2.24) is 15.1 Å². The first-order valence-electron chi connectivity index (χ1n) is 9.80. The number of aryl methyl sites for hydroxylation is 2. The van der Waals surface area contributed by atoms with Crippen LogP contribution < -0.4 is 10.2 Å². The quantitative estimate of drug-likeness (QED) is 0.764. The lowest BCUT2D eigenvalue weighted by Gasteiger charge is -2.35. The molecule has 0 spiro atoms. The Balaban J connectivity index is 1.56. The third-order valence-corrected chi connectivity index (χ3v) is 5.39. The first kappa shape index (κ1) is 17.1. The zero-order valence-corrected chi connectivity index (χ0v) is 15.8. The summed E-state index contributed by atoms with van der Waals surface area (Å²) in [7, 11) is 0. The van der Waals surface area contributed by atoms with Gasteiger partial charge in [0.2, 0.25) is 0 Å². The molecular formula is C22H28N4. The van der Waals surface area contributed by atoms with Gasteiger partial charge >= 0.3 is 0 Å². The molecule has 2 heterocycles. The standard InChI is InChI=1S/C22H28N4/c1-3-21-20-11-10-19(15-22(20)26(4-2)24-21)25-13-12-23-18(16-25)14-17-8-6-5-7-9-17/h5-11,15,18,23H,3-4,12-14,16H2,1-2H3. The van der Waals surface area contributed by atoms with E-state index < -0.39 is 0 Å². The van der Waals surface area contributed by atoms with E-state index in [9.17, 15) is 0 Å². The van der Waals surface area contributed by atoms with E-state index in [1.807, 2.05) is 0 Å². The zero-order chi connectivity index (χ0) is 17.9. The number of fused-ring (bicyclic) bond motifs is 1. The molecule has 0 saturated carbocycles. The largest absolute Gasteiger partial charge is 0.369 e. The lowest BCUT2D eigenvalue weighted by atomic mass is 10.0. The van der Waals surface area contributed by atoms with Crippen molar-refractivity contribution in [2.45, 2.75) is 39.3 Å². The Morgan fingerprint density at radius 2 is 1.96 bits per heavy atom. The maximum absolute atomic E-state index is 4.77. The van der Waals surface area contributed by atoms with Crippen LogP contribution >= 0.6 is 0 Å². The molecule has 26 heavy (non-hydrogen) atoms. The molecule has 4 nitrogen and oxygen atoms in total. The first-order valence-corrected chi connectivity index (χ1v) is 9.80. The molecule has 0 amide bonds. The number of nitrogens with one attached hydrogen (secondary N) is 1. The van der Waals surface area contributed by atoms with Crippen molar-refractivity contribution in [3.8, 4) is 0 Å². The highest BCUT2D eigenvalue weighted by Crippen LogP contribution is 2.26. The van der Waals surface area contributed by atoms with E-state index in [0.29, 0.717) is 6.04 Å². The van der Waals surface area contributed by atoms with Crippen LogP contribution in [0.25, 0.3) is 10.9 Å². The highest BCUT2D eigenvalue weighted by molar-refractivity contribution is 5.85.